The van der Waals surface area contributed by atoms with Gasteiger partial charge in [-0.15, -0.1) is 0 Å². The zero-order chi connectivity index (χ0) is 31.0. The van der Waals surface area contributed by atoms with E-state index in [1.54, 1.807) is 51.1 Å². The number of nitrogens with one attached hydrogen (secondary N) is 1. The van der Waals surface area contributed by atoms with Crippen molar-refractivity contribution in [3.05, 3.63) is 88.2 Å². The van der Waals surface area contributed by atoms with Crippen LogP contribution in [0.3, 0.4) is 0 Å². The topological polar surface area (TPSA) is 96.0 Å². The summed E-state index contributed by atoms with van der Waals surface area (Å²) in [6, 6.07) is 14.3. The van der Waals surface area contributed by atoms with E-state index in [0.717, 1.165) is 28.6 Å². The number of sulfonamides is 1. The number of hydrogen-bond acceptors (Lipinski definition) is 5. The largest absolute Gasteiger partial charge is 0.494 e. The molecule has 0 heterocycles. The Labute approximate surface area is 256 Å². The number of carbonyl (C=O) groups excluding carboxylic acids is 2. The predicted molar refractivity (Wildman–Crippen MR) is 163 cm³/mol. The molecule has 2 amide bonds. The number of ether oxygens (including phenoxy) is 1. The zero-order valence-corrected chi connectivity index (χ0v) is 26.1. The smallest absolute Gasteiger partial charge is 0.264 e. The van der Waals surface area contributed by atoms with Crippen LogP contribution in [0.15, 0.2) is 71.6 Å². The minimum absolute atomic E-state index is 0.0343. The molecule has 0 radical (unpaired) electrons. The average molecular weight is 639 g/mol. The standard InChI is InChI=1S/C30H34Cl2FN3O5S/c1-5-28(30(38)34-20(3)4)35(18-21-7-16-26(31)27(32)17-21)29(37)19-36(23-10-12-24(13-11-23)41-6-2)42(39,40)25-14-8-22(33)9-15-25/h7-17,20,28H,5-6,18-19H2,1-4H3,(H,34,38)/t28-/m0/s1. The lowest BCUT2D eigenvalue weighted by Gasteiger charge is -2.33. The van der Waals surface area contributed by atoms with Crippen LogP contribution in [0.25, 0.3) is 0 Å². The third kappa shape index (κ3) is 8.36. The molecule has 0 saturated carbocycles. The Morgan fingerprint density at radius 3 is 2.14 bits per heavy atom. The Hall–Kier alpha value is -3.34. The summed E-state index contributed by atoms with van der Waals surface area (Å²) in [4.78, 5) is 28.4. The molecule has 0 unspecified atom stereocenters. The van der Waals surface area contributed by atoms with Gasteiger partial charge < -0.3 is 15.0 Å². The summed E-state index contributed by atoms with van der Waals surface area (Å²) >= 11 is 12.3. The number of carbonyl (C=O) groups is 2. The first-order valence-electron chi connectivity index (χ1n) is 13.4. The minimum atomic E-state index is -4.34. The molecule has 1 N–H and O–H groups in total. The molecule has 0 spiro atoms. The van der Waals surface area contributed by atoms with Crippen molar-refractivity contribution in [1.29, 1.82) is 0 Å². The highest BCUT2D eigenvalue weighted by Gasteiger charge is 2.34. The van der Waals surface area contributed by atoms with Gasteiger partial charge >= 0.3 is 0 Å². The summed E-state index contributed by atoms with van der Waals surface area (Å²) in [5.74, 6) is -1.10. The van der Waals surface area contributed by atoms with E-state index in [9.17, 15) is 22.4 Å². The first kappa shape index (κ1) is 33.2. The number of nitrogens with zero attached hydrogens (tertiary/aromatic N) is 2. The fourth-order valence-electron chi connectivity index (χ4n) is 4.27. The number of hydrogen-bond donors (Lipinski definition) is 1. The van der Waals surface area contributed by atoms with E-state index in [4.69, 9.17) is 27.9 Å². The van der Waals surface area contributed by atoms with E-state index in [1.807, 2.05) is 6.92 Å². The fourth-order valence-corrected chi connectivity index (χ4v) is 6.01. The highest BCUT2D eigenvalue weighted by Crippen LogP contribution is 2.28. The highest BCUT2D eigenvalue weighted by atomic mass is 35.5. The van der Waals surface area contributed by atoms with E-state index < -0.39 is 34.3 Å². The maximum atomic E-state index is 14.1. The summed E-state index contributed by atoms with van der Waals surface area (Å²) in [6.07, 6.45) is 0.263. The van der Waals surface area contributed by atoms with Gasteiger partial charge in [-0.25, -0.2) is 12.8 Å². The van der Waals surface area contributed by atoms with Crippen molar-refractivity contribution in [2.45, 2.75) is 57.6 Å². The van der Waals surface area contributed by atoms with Crippen LogP contribution in [-0.2, 0) is 26.2 Å². The van der Waals surface area contributed by atoms with Crippen molar-refractivity contribution in [3.8, 4) is 5.75 Å². The first-order chi connectivity index (χ1) is 19.9. The molecule has 0 saturated heterocycles. The van der Waals surface area contributed by atoms with Crippen molar-refractivity contribution < 1.29 is 27.1 Å². The summed E-state index contributed by atoms with van der Waals surface area (Å²) in [7, 11) is -4.34. The lowest BCUT2D eigenvalue weighted by Crippen LogP contribution is -2.53. The molecule has 1 atom stereocenters. The van der Waals surface area contributed by atoms with Crippen LogP contribution in [0.1, 0.15) is 39.7 Å². The van der Waals surface area contributed by atoms with Gasteiger partial charge in [-0.05, 0) is 93.4 Å². The van der Waals surface area contributed by atoms with Gasteiger partial charge in [0.1, 0.15) is 24.2 Å². The van der Waals surface area contributed by atoms with Crippen molar-refractivity contribution in [2.24, 2.45) is 0 Å². The van der Waals surface area contributed by atoms with Crippen LogP contribution in [0.5, 0.6) is 5.75 Å². The maximum Gasteiger partial charge on any atom is 0.264 e. The molecule has 8 nitrogen and oxygen atoms in total. The van der Waals surface area contributed by atoms with E-state index in [2.05, 4.69) is 5.32 Å². The van der Waals surface area contributed by atoms with Crippen molar-refractivity contribution in [2.75, 3.05) is 17.5 Å². The molecule has 0 aliphatic carbocycles. The number of anilines is 1. The van der Waals surface area contributed by atoms with Crippen LogP contribution >= 0.6 is 23.2 Å². The second-order valence-corrected chi connectivity index (χ2v) is 12.4. The van der Waals surface area contributed by atoms with Crippen molar-refractivity contribution >= 4 is 50.7 Å². The van der Waals surface area contributed by atoms with Crippen LogP contribution < -0.4 is 14.4 Å². The van der Waals surface area contributed by atoms with Crippen molar-refractivity contribution in [1.82, 2.24) is 10.2 Å². The number of amides is 2. The van der Waals surface area contributed by atoms with Gasteiger partial charge in [-0.2, -0.15) is 0 Å². The molecule has 0 bridgehead atoms. The second kappa shape index (κ2) is 14.7. The summed E-state index contributed by atoms with van der Waals surface area (Å²) < 4.78 is 47.8. The Morgan fingerprint density at radius 2 is 1.60 bits per heavy atom. The Bertz CT molecular complexity index is 1490. The van der Waals surface area contributed by atoms with Crippen LogP contribution in [0.2, 0.25) is 10.0 Å². The molecular formula is C30H34Cl2FN3O5S. The fraction of sp³-hybridized carbons (Fsp3) is 0.333. The lowest BCUT2D eigenvalue weighted by molar-refractivity contribution is -0.140. The Kier molecular flexibility index (Phi) is 11.6. The molecule has 0 aliphatic rings. The van der Waals surface area contributed by atoms with Crippen LogP contribution in [0.4, 0.5) is 10.1 Å². The molecule has 12 heteroatoms. The SMILES string of the molecule is CCOc1ccc(N(CC(=O)N(Cc2ccc(Cl)c(Cl)c2)[C@@H](CC)C(=O)NC(C)C)S(=O)(=O)c2ccc(F)cc2)cc1. The second-order valence-electron chi connectivity index (χ2n) is 9.75. The maximum absolute atomic E-state index is 14.1. The quantitative estimate of drug-likeness (QED) is 0.246. The summed E-state index contributed by atoms with van der Waals surface area (Å²) in [5, 5.41) is 3.44. The van der Waals surface area contributed by atoms with Gasteiger partial charge in [0, 0.05) is 12.6 Å². The summed E-state index contributed by atoms with van der Waals surface area (Å²) in [5.41, 5.74) is 0.785. The highest BCUT2D eigenvalue weighted by molar-refractivity contribution is 7.92. The monoisotopic (exact) mass is 637 g/mol. The normalized spacial score (nSPS) is 12.1. The number of rotatable bonds is 13. The summed E-state index contributed by atoms with van der Waals surface area (Å²) in [6.45, 7) is 6.93. The predicted octanol–water partition coefficient (Wildman–Crippen LogP) is 6.06. The Morgan fingerprint density at radius 1 is 0.952 bits per heavy atom. The molecule has 0 aromatic heterocycles. The minimum Gasteiger partial charge on any atom is -0.494 e. The third-order valence-electron chi connectivity index (χ3n) is 6.27. The van der Waals surface area contributed by atoms with E-state index in [0.29, 0.717) is 22.9 Å². The van der Waals surface area contributed by atoms with Gasteiger partial charge in [0.15, 0.2) is 0 Å². The van der Waals surface area contributed by atoms with Crippen LogP contribution in [0, 0.1) is 5.82 Å². The average Bonchev–Trinajstić information content (AvgIpc) is 2.94. The number of halogens is 3. The zero-order valence-electron chi connectivity index (χ0n) is 23.8. The number of benzene rings is 3. The van der Waals surface area contributed by atoms with Gasteiger partial charge in [-0.3, -0.25) is 13.9 Å². The molecule has 3 rings (SSSR count). The van der Waals surface area contributed by atoms with Gasteiger partial charge in [-0.1, -0.05) is 36.2 Å². The van der Waals surface area contributed by atoms with E-state index in [1.165, 1.54) is 17.0 Å². The van der Waals surface area contributed by atoms with Gasteiger partial charge in [0.05, 0.1) is 27.2 Å². The van der Waals surface area contributed by atoms with Gasteiger partial charge in [0.25, 0.3) is 10.0 Å². The molecule has 3 aromatic rings. The van der Waals surface area contributed by atoms with E-state index in [-0.39, 0.29) is 40.5 Å². The van der Waals surface area contributed by atoms with Crippen LogP contribution in [-0.4, -0.2) is 50.4 Å². The van der Waals surface area contributed by atoms with Crippen molar-refractivity contribution in [3.63, 3.8) is 0 Å². The molecule has 42 heavy (non-hydrogen) atoms. The molecule has 3 aromatic carbocycles. The molecule has 0 aliphatic heterocycles. The Balaban J connectivity index is 2.08. The first-order valence-corrected chi connectivity index (χ1v) is 15.6. The molecule has 0 fully saturated rings. The molecule has 226 valence electrons. The van der Waals surface area contributed by atoms with E-state index >= 15 is 0 Å². The lowest BCUT2D eigenvalue weighted by atomic mass is 10.1. The van der Waals surface area contributed by atoms with Gasteiger partial charge in [0.2, 0.25) is 11.8 Å². The third-order valence-corrected chi connectivity index (χ3v) is 8.80. The molecular weight excluding hydrogens is 604 g/mol.